The van der Waals surface area contributed by atoms with Crippen molar-refractivity contribution in [1.29, 1.82) is 0 Å². The van der Waals surface area contributed by atoms with Crippen LogP contribution >= 0.6 is 0 Å². The molecular weight excluding hydrogens is 274 g/mol. The van der Waals surface area contributed by atoms with E-state index in [9.17, 15) is 25.0 Å². The van der Waals surface area contributed by atoms with Crippen molar-refractivity contribution in [2.45, 2.75) is 0 Å². The molecule has 1 rings (SSSR count). The highest BCUT2D eigenvalue weighted by Gasteiger charge is 2.26. The summed E-state index contributed by atoms with van der Waals surface area (Å²) in [5.41, 5.74) is 3.21. The summed E-state index contributed by atoms with van der Waals surface area (Å²) in [4.78, 5) is 31.4. The first-order valence-corrected chi connectivity index (χ1v) is 5.26. The number of methoxy groups -OCH3 is 1. The number of carbonyl (C=O) groups is 1. The summed E-state index contributed by atoms with van der Waals surface area (Å²) in [6.45, 7) is 0.00786. The van der Waals surface area contributed by atoms with Gasteiger partial charge in [0.1, 0.15) is 12.3 Å². The fraction of sp³-hybridized carbons (Fsp3) is 0.300. The first kappa shape index (κ1) is 15.3. The van der Waals surface area contributed by atoms with Crippen molar-refractivity contribution in [3.63, 3.8) is 0 Å². The van der Waals surface area contributed by atoms with Crippen LogP contribution in [0.2, 0.25) is 0 Å². The number of nitrogens with two attached hydrogens (primary N) is 1. The first-order chi connectivity index (χ1) is 9.38. The Morgan fingerprint density at radius 2 is 1.90 bits per heavy atom. The van der Waals surface area contributed by atoms with Gasteiger partial charge in [-0.2, -0.15) is 0 Å². The van der Waals surface area contributed by atoms with E-state index in [1.165, 1.54) is 7.11 Å². The summed E-state index contributed by atoms with van der Waals surface area (Å²) in [5, 5.41) is 21.5. The third-order valence-electron chi connectivity index (χ3n) is 2.29. The van der Waals surface area contributed by atoms with Gasteiger partial charge in [-0.1, -0.05) is 0 Å². The molecule has 0 bridgehead atoms. The molecule has 2 N–H and O–H groups in total. The van der Waals surface area contributed by atoms with E-state index in [1.807, 2.05) is 0 Å². The third kappa shape index (κ3) is 3.38. The van der Waals surface area contributed by atoms with Crippen molar-refractivity contribution >= 4 is 23.0 Å². The molecule has 0 heterocycles. The summed E-state index contributed by atoms with van der Waals surface area (Å²) in [7, 11) is 1.39. The number of non-ortho nitro benzene ring substituents is 1. The molecule has 0 spiro atoms. The number of esters is 1. The Bertz CT molecular complexity index is 558. The van der Waals surface area contributed by atoms with Gasteiger partial charge in [-0.3, -0.25) is 20.2 Å². The molecule has 10 heteroatoms. The van der Waals surface area contributed by atoms with Crippen LogP contribution in [0.1, 0.15) is 10.4 Å². The summed E-state index contributed by atoms with van der Waals surface area (Å²) in [6, 6.07) is 1.51. The van der Waals surface area contributed by atoms with Gasteiger partial charge in [0.2, 0.25) is 0 Å². The average Bonchev–Trinajstić information content (AvgIpc) is 2.38. The second kappa shape index (κ2) is 6.43. The molecule has 0 aliphatic rings. The van der Waals surface area contributed by atoms with E-state index in [1.54, 1.807) is 0 Å². The lowest BCUT2D eigenvalue weighted by molar-refractivity contribution is -0.393. The number of rotatable bonds is 6. The Hall–Kier alpha value is -2.75. The molecule has 0 amide bonds. The lowest BCUT2D eigenvalue weighted by Gasteiger charge is -2.07. The van der Waals surface area contributed by atoms with Crippen LogP contribution in [0.15, 0.2) is 12.1 Å². The predicted octanol–water partition coefficient (Wildman–Crippen LogP) is 0.888. The molecule has 0 aliphatic heterocycles. The van der Waals surface area contributed by atoms with Crippen LogP contribution < -0.4 is 5.73 Å². The molecule has 0 atom stereocenters. The van der Waals surface area contributed by atoms with Crippen LogP contribution in [0.3, 0.4) is 0 Å². The zero-order chi connectivity index (χ0) is 15.3. The maximum absolute atomic E-state index is 11.7. The molecular formula is C10H11N3O7. The molecule has 0 saturated heterocycles. The fourth-order valence-corrected chi connectivity index (χ4v) is 1.34. The number of carbonyl (C=O) groups excluding carboxylic acids is 1. The van der Waals surface area contributed by atoms with Crippen LogP contribution in [0.4, 0.5) is 17.1 Å². The number of benzene rings is 1. The molecule has 0 fully saturated rings. The largest absolute Gasteiger partial charge is 0.460 e. The number of ether oxygens (including phenoxy) is 2. The number of nitro groups is 2. The SMILES string of the molecule is COCCOC(=O)c1cc([N+](=O)[O-])cc([N+](=O)[O-])c1N. The van der Waals surface area contributed by atoms with Crippen molar-refractivity contribution < 1.29 is 24.1 Å². The van der Waals surface area contributed by atoms with E-state index in [4.69, 9.17) is 10.5 Å². The Morgan fingerprint density at radius 1 is 1.25 bits per heavy atom. The summed E-state index contributed by atoms with van der Waals surface area (Å²) in [6.07, 6.45) is 0. The molecule has 20 heavy (non-hydrogen) atoms. The molecule has 0 saturated carbocycles. The van der Waals surface area contributed by atoms with Gasteiger partial charge in [-0.15, -0.1) is 0 Å². The standard InChI is InChI=1S/C10H11N3O7/c1-19-2-3-20-10(14)7-4-6(12(15)16)5-8(9(7)11)13(17)18/h4-5H,2-3,11H2,1H3. The summed E-state index contributed by atoms with van der Waals surface area (Å²) in [5.74, 6) is -0.994. The quantitative estimate of drug-likeness (QED) is 0.266. The van der Waals surface area contributed by atoms with Crippen molar-refractivity contribution in [3.05, 3.63) is 37.9 Å². The average molecular weight is 285 g/mol. The highest BCUT2D eigenvalue weighted by atomic mass is 16.6. The topological polar surface area (TPSA) is 148 Å². The summed E-state index contributed by atoms with van der Waals surface area (Å²) < 4.78 is 9.39. The Balaban J connectivity index is 3.20. The maximum atomic E-state index is 11.7. The fourth-order valence-electron chi connectivity index (χ4n) is 1.34. The minimum Gasteiger partial charge on any atom is -0.460 e. The first-order valence-electron chi connectivity index (χ1n) is 5.26. The van der Waals surface area contributed by atoms with E-state index in [0.717, 1.165) is 6.07 Å². The molecule has 0 aliphatic carbocycles. The summed E-state index contributed by atoms with van der Waals surface area (Å²) >= 11 is 0. The van der Waals surface area contributed by atoms with Gasteiger partial charge in [0.15, 0.2) is 0 Å². The lowest BCUT2D eigenvalue weighted by atomic mass is 10.1. The van der Waals surface area contributed by atoms with Gasteiger partial charge in [0, 0.05) is 13.2 Å². The van der Waals surface area contributed by atoms with Crippen LogP contribution in [-0.2, 0) is 9.47 Å². The van der Waals surface area contributed by atoms with Gasteiger partial charge in [0.05, 0.1) is 28.1 Å². The van der Waals surface area contributed by atoms with E-state index >= 15 is 0 Å². The van der Waals surface area contributed by atoms with Crippen molar-refractivity contribution in [1.82, 2.24) is 0 Å². The maximum Gasteiger partial charge on any atom is 0.340 e. The van der Waals surface area contributed by atoms with Gasteiger partial charge < -0.3 is 15.2 Å². The van der Waals surface area contributed by atoms with Crippen molar-refractivity contribution in [3.8, 4) is 0 Å². The number of hydrogen-bond donors (Lipinski definition) is 1. The predicted molar refractivity (Wildman–Crippen MR) is 66.3 cm³/mol. The molecule has 10 nitrogen and oxygen atoms in total. The molecule has 108 valence electrons. The molecule has 1 aromatic carbocycles. The van der Waals surface area contributed by atoms with Crippen molar-refractivity contribution in [2.24, 2.45) is 0 Å². The van der Waals surface area contributed by atoms with Gasteiger partial charge >= 0.3 is 5.97 Å². The number of hydrogen-bond acceptors (Lipinski definition) is 8. The van der Waals surface area contributed by atoms with Crippen LogP contribution in [0.5, 0.6) is 0 Å². The second-order valence-corrected chi connectivity index (χ2v) is 3.57. The minimum atomic E-state index is -0.994. The normalized spacial score (nSPS) is 10.1. The highest BCUT2D eigenvalue weighted by molar-refractivity contribution is 5.98. The smallest absolute Gasteiger partial charge is 0.340 e. The molecule has 0 radical (unpaired) electrons. The van der Waals surface area contributed by atoms with E-state index in [0.29, 0.717) is 6.07 Å². The minimum absolute atomic E-state index is 0.106. The van der Waals surface area contributed by atoms with Crippen LogP contribution in [0, 0.1) is 20.2 Å². The third-order valence-corrected chi connectivity index (χ3v) is 2.29. The number of nitrogens with zero attached hydrogens (tertiary/aromatic N) is 2. The molecule has 0 unspecified atom stereocenters. The molecule has 1 aromatic rings. The zero-order valence-electron chi connectivity index (χ0n) is 10.4. The Labute approximate surface area is 112 Å². The number of nitro benzene ring substituents is 2. The van der Waals surface area contributed by atoms with Gasteiger partial charge in [0.25, 0.3) is 11.4 Å². The van der Waals surface area contributed by atoms with E-state index < -0.39 is 38.4 Å². The zero-order valence-corrected chi connectivity index (χ0v) is 10.4. The Morgan fingerprint density at radius 3 is 2.40 bits per heavy atom. The van der Waals surface area contributed by atoms with Gasteiger partial charge in [-0.25, -0.2) is 4.79 Å². The molecule has 0 aromatic heterocycles. The number of anilines is 1. The van der Waals surface area contributed by atoms with Crippen molar-refractivity contribution in [2.75, 3.05) is 26.1 Å². The van der Waals surface area contributed by atoms with Crippen LogP contribution in [-0.4, -0.2) is 36.1 Å². The highest BCUT2D eigenvalue weighted by Crippen LogP contribution is 2.31. The Kier molecular flexibility index (Phi) is 4.92. The van der Waals surface area contributed by atoms with Crippen LogP contribution in [0.25, 0.3) is 0 Å². The second-order valence-electron chi connectivity index (χ2n) is 3.57. The number of nitrogen functional groups attached to an aromatic ring is 1. The van der Waals surface area contributed by atoms with E-state index in [-0.39, 0.29) is 13.2 Å². The monoisotopic (exact) mass is 285 g/mol. The lowest BCUT2D eigenvalue weighted by Crippen LogP contribution is -2.13. The van der Waals surface area contributed by atoms with Gasteiger partial charge in [-0.05, 0) is 0 Å². The van der Waals surface area contributed by atoms with E-state index in [2.05, 4.69) is 4.74 Å².